The first-order valence-corrected chi connectivity index (χ1v) is 10.9. The van der Waals surface area contributed by atoms with Crippen LogP contribution in [0, 0.1) is 6.92 Å². The van der Waals surface area contributed by atoms with Crippen molar-refractivity contribution in [1.82, 2.24) is 4.90 Å². The molecule has 1 aliphatic rings. The molecule has 0 spiro atoms. The normalized spacial score (nSPS) is 15.1. The van der Waals surface area contributed by atoms with Crippen LogP contribution in [0.3, 0.4) is 0 Å². The predicted molar refractivity (Wildman–Crippen MR) is 127 cm³/mol. The van der Waals surface area contributed by atoms with Gasteiger partial charge in [-0.1, -0.05) is 96.3 Å². The van der Waals surface area contributed by atoms with Crippen molar-refractivity contribution >= 4 is 40.3 Å². The molecular weight excluding hydrogens is 410 g/mol. The second-order valence-corrected chi connectivity index (χ2v) is 8.78. The van der Waals surface area contributed by atoms with Crippen molar-refractivity contribution in [2.45, 2.75) is 20.1 Å². The van der Waals surface area contributed by atoms with E-state index in [1.54, 1.807) is 4.90 Å². The van der Waals surface area contributed by atoms with Crippen molar-refractivity contribution in [1.29, 1.82) is 0 Å². The molecule has 3 aromatic carbocycles. The van der Waals surface area contributed by atoms with Crippen LogP contribution >= 0.6 is 24.0 Å². The Kier molecular flexibility index (Phi) is 6.31. The number of nitrogens with zero attached hydrogens (tertiary/aromatic N) is 1. The highest BCUT2D eigenvalue weighted by Crippen LogP contribution is 2.33. The van der Waals surface area contributed by atoms with Gasteiger partial charge in [-0.05, 0) is 41.8 Å². The fraction of sp³-hybridized carbons (Fsp3) is 0.120. The van der Waals surface area contributed by atoms with Gasteiger partial charge in [-0.25, -0.2) is 0 Å². The Labute approximate surface area is 186 Å². The molecule has 0 radical (unpaired) electrons. The number of carbonyl (C=O) groups is 1. The lowest BCUT2D eigenvalue weighted by molar-refractivity contribution is -0.122. The number of aryl methyl sites for hydroxylation is 1. The van der Waals surface area contributed by atoms with Crippen LogP contribution in [0.25, 0.3) is 6.08 Å². The fourth-order valence-corrected chi connectivity index (χ4v) is 4.44. The maximum Gasteiger partial charge on any atom is 0.266 e. The maximum atomic E-state index is 12.8. The van der Waals surface area contributed by atoms with Crippen molar-refractivity contribution in [3.8, 4) is 5.75 Å². The zero-order valence-electron chi connectivity index (χ0n) is 16.6. The lowest BCUT2D eigenvalue weighted by atomic mass is 10.1. The van der Waals surface area contributed by atoms with Crippen LogP contribution < -0.4 is 4.74 Å². The number of benzene rings is 3. The van der Waals surface area contributed by atoms with Crippen LogP contribution in [0.15, 0.2) is 83.8 Å². The van der Waals surface area contributed by atoms with E-state index in [4.69, 9.17) is 17.0 Å². The molecule has 1 saturated heterocycles. The van der Waals surface area contributed by atoms with E-state index in [0.29, 0.717) is 22.4 Å². The van der Waals surface area contributed by atoms with Crippen molar-refractivity contribution in [3.05, 3.63) is 106 Å². The molecule has 3 aromatic rings. The van der Waals surface area contributed by atoms with Crippen LogP contribution in [-0.4, -0.2) is 15.1 Å². The number of rotatable bonds is 6. The van der Waals surface area contributed by atoms with Crippen LogP contribution in [-0.2, 0) is 17.9 Å². The monoisotopic (exact) mass is 431 g/mol. The van der Waals surface area contributed by atoms with Gasteiger partial charge in [0.05, 0.1) is 11.4 Å². The minimum atomic E-state index is -0.0476. The summed E-state index contributed by atoms with van der Waals surface area (Å²) >= 11 is 6.77. The Hall–Kier alpha value is -2.89. The number of hydrogen-bond donors (Lipinski definition) is 0. The van der Waals surface area contributed by atoms with Gasteiger partial charge in [0.2, 0.25) is 0 Å². The lowest BCUT2D eigenvalue weighted by Gasteiger charge is -2.14. The van der Waals surface area contributed by atoms with Gasteiger partial charge < -0.3 is 4.74 Å². The molecule has 0 aromatic heterocycles. The van der Waals surface area contributed by atoms with Crippen LogP contribution in [0.1, 0.15) is 22.3 Å². The van der Waals surface area contributed by atoms with Gasteiger partial charge in [0.15, 0.2) is 0 Å². The van der Waals surface area contributed by atoms with E-state index in [2.05, 4.69) is 25.1 Å². The van der Waals surface area contributed by atoms with E-state index in [-0.39, 0.29) is 5.91 Å². The first-order chi connectivity index (χ1) is 14.6. The number of amides is 1. The number of carbonyl (C=O) groups excluding carboxylic acids is 1. The second kappa shape index (κ2) is 9.28. The molecule has 1 aliphatic heterocycles. The summed E-state index contributed by atoms with van der Waals surface area (Å²) in [6.07, 6.45) is 1.88. The highest BCUT2D eigenvalue weighted by atomic mass is 32.2. The lowest BCUT2D eigenvalue weighted by Crippen LogP contribution is -2.27. The summed E-state index contributed by atoms with van der Waals surface area (Å²) in [5.74, 6) is 0.749. The highest BCUT2D eigenvalue weighted by molar-refractivity contribution is 8.26. The van der Waals surface area contributed by atoms with Gasteiger partial charge in [0.25, 0.3) is 5.91 Å². The van der Waals surface area contributed by atoms with Gasteiger partial charge >= 0.3 is 0 Å². The van der Waals surface area contributed by atoms with Crippen LogP contribution in [0.4, 0.5) is 0 Å². The Morgan fingerprint density at radius 1 is 0.967 bits per heavy atom. The average molecular weight is 432 g/mol. The van der Waals surface area contributed by atoms with Crippen molar-refractivity contribution in [2.24, 2.45) is 0 Å². The van der Waals surface area contributed by atoms with E-state index in [1.165, 1.54) is 17.3 Å². The molecule has 3 nitrogen and oxygen atoms in total. The first kappa shape index (κ1) is 20.4. The topological polar surface area (TPSA) is 29.5 Å². The van der Waals surface area contributed by atoms with Crippen LogP contribution in [0.2, 0.25) is 0 Å². The molecular formula is C25H21NO2S2. The zero-order chi connectivity index (χ0) is 20.9. The van der Waals surface area contributed by atoms with Gasteiger partial charge in [0, 0.05) is 0 Å². The smallest absolute Gasteiger partial charge is 0.266 e. The van der Waals surface area contributed by atoms with Gasteiger partial charge in [-0.15, -0.1) is 0 Å². The van der Waals surface area contributed by atoms with Gasteiger partial charge in [0.1, 0.15) is 16.7 Å². The molecule has 0 N–H and O–H groups in total. The van der Waals surface area contributed by atoms with E-state index < -0.39 is 0 Å². The van der Waals surface area contributed by atoms with Gasteiger partial charge in [-0.2, -0.15) is 0 Å². The van der Waals surface area contributed by atoms with E-state index in [0.717, 1.165) is 22.4 Å². The number of thioether (sulfide) groups is 1. The van der Waals surface area contributed by atoms with Crippen LogP contribution in [0.5, 0.6) is 5.75 Å². The van der Waals surface area contributed by atoms with E-state index in [9.17, 15) is 4.79 Å². The molecule has 1 amide bonds. The molecule has 0 unspecified atom stereocenters. The number of ether oxygens (including phenoxy) is 1. The number of hydrogen-bond acceptors (Lipinski definition) is 4. The summed E-state index contributed by atoms with van der Waals surface area (Å²) < 4.78 is 6.46. The quantitative estimate of drug-likeness (QED) is 0.355. The Bertz CT molecular complexity index is 1090. The third-order valence-electron chi connectivity index (χ3n) is 4.72. The van der Waals surface area contributed by atoms with E-state index in [1.807, 2.05) is 66.7 Å². The summed E-state index contributed by atoms with van der Waals surface area (Å²) in [6, 6.07) is 25.9. The molecule has 150 valence electrons. The fourth-order valence-electron chi connectivity index (χ4n) is 3.18. The highest BCUT2D eigenvalue weighted by Gasteiger charge is 2.31. The molecule has 0 aliphatic carbocycles. The van der Waals surface area contributed by atoms with Crippen molar-refractivity contribution < 1.29 is 9.53 Å². The minimum absolute atomic E-state index is 0.0476. The van der Waals surface area contributed by atoms with Crippen molar-refractivity contribution in [2.75, 3.05) is 0 Å². The molecule has 0 bridgehead atoms. The molecule has 30 heavy (non-hydrogen) atoms. The van der Waals surface area contributed by atoms with Gasteiger partial charge in [-0.3, -0.25) is 9.69 Å². The standard InChI is InChI=1S/C25H21NO2S2/c1-18-6-5-9-21(14-18)17-28-22-12-10-19(11-13-22)15-23-24(27)26(25(29)30-23)16-20-7-3-2-4-8-20/h2-15H,16-17H2,1H3/b23-15-. The molecule has 1 fully saturated rings. The Morgan fingerprint density at radius 3 is 2.43 bits per heavy atom. The molecule has 5 heteroatoms. The molecule has 0 atom stereocenters. The summed E-state index contributed by atoms with van der Waals surface area (Å²) in [7, 11) is 0. The summed E-state index contributed by atoms with van der Waals surface area (Å²) in [6.45, 7) is 3.09. The minimum Gasteiger partial charge on any atom is -0.489 e. The third-order valence-corrected chi connectivity index (χ3v) is 6.10. The Morgan fingerprint density at radius 2 is 1.70 bits per heavy atom. The second-order valence-electron chi connectivity index (χ2n) is 7.10. The van der Waals surface area contributed by atoms with E-state index >= 15 is 0 Å². The predicted octanol–water partition coefficient (Wildman–Crippen LogP) is 5.98. The molecule has 0 saturated carbocycles. The SMILES string of the molecule is Cc1cccc(COc2ccc(/C=C3\SC(=S)N(Cc4ccccc4)C3=O)cc2)c1. The first-order valence-electron chi connectivity index (χ1n) is 9.66. The Balaban J connectivity index is 1.40. The average Bonchev–Trinajstić information content (AvgIpc) is 3.01. The zero-order valence-corrected chi connectivity index (χ0v) is 18.2. The molecule has 1 heterocycles. The summed E-state index contributed by atoms with van der Waals surface area (Å²) in [5, 5.41) is 0. The number of thiocarbonyl (C=S) groups is 1. The summed E-state index contributed by atoms with van der Waals surface area (Å²) in [5.41, 5.74) is 4.36. The third kappa shape index (κ3) is 4.99. The van der Waals surface area contributed by atoms with Crippen molar-refractivity contribution in [3.63, 3.8) is 0 Å². The summed E-state index contributed by atoms with van der Waals surface area (Å²) in [4.78, 5) is 15.1. The largest absolute Gasteiger partial charge is 0.489 e. The molecule has 4 rings (SSSR count). The maximum absolute atomic E-state index is 12.8.